The maximum absolute atomic E-state index is 11.4. The van der Waals surface area contributed by atoms with E-state index >= 15 is 0 Å². The van der Waals surface area contributed by atoms with Crippen molar-refractivity contribution < 1.29 is 69.5 Å². The summed E-state index contributed by atoms with van der Waals surface area (Å²) >= 11 is 0. The molecule has 0 heterocycles. The van der Waals surface area contributed by atoms with Gasteiger partial charge in [0, 0.05) is 5.25 Å². The first-order valence-electron chi connectivity index (χ1n) is 11.0. The fraction of sp³-hybridized carbons (Fsp3) is 1.00. The molecule has 0 saturated heterocycles. The average Bonchev–Trinajstić information content (AvgIpc) is 2.58. The number of hydrogen-bond acceptors (Lipinski definition) is 4. The van der Waals surface area contributed by atoms with Crippen molar-refractivity contribution in [1.29, 1.82) is 0 Å². The fourth-order valence-corrected chi connectivity index (χ4v) is 4.38. The molecule has 6 heteroatoms. The molecule has 1 N–H and O–H groups in total. The third-order valence-corrected chi connectivity index (χ3v) is 6.53. The number of rotatable bonds is 19. The molecule has 0 aliphatic rings. The van der Waals surface area contributed by atoms with Crippen LogP contribution < -0.4 is 51.4 Å². The largest absolute Gasteiger partial charge is 1.00 e. The first-order chi connectivity index (χ1) is 12.4. The van der Waals surface area contributed by atoms with Crippen LogP contribution in [-0.4, -0.2) is 29.4 Å². The first-order valence-corrected chi connectivity index (χ1v) is 12.5. The standard InChI is InChI=1S/C21H44O4S.K/c1-3-5-7-9-12-16-20(22)17-13-11-15-19-21(26(23,24)25)18-14-10-8-6-4-2;/h20-22H,3-19H2,1-2H3,(H,23,24,25);/q;+1/p-1. The molecule has 2 unspecified atom stereocenters. The van der Waals surface area contributed by atoms with Crippen molar-refractivity contribution in [3.63, 3.8) is 0 Å². The molecule has 0 aromatic carbocycles. The predicted molar refractivity (Wildman–Crippen MR) is 109 cm³/mol. The second kappa shape index (κ2) is 20.8. The Labute approximate surface area is 211 Å². The molecule has 27 heavy (non-hydrogen) atoms. The zero-order valence-electron chi connectivity index (χ0n) is 18.3. The van der Waals surface area contributed by atoms with Gasteiger partial charge in [-0.15, -0.1) is 0 Å². The van der Waals surface area contributed by atoms with Gasteiger partial charge in [-0.05, 0) is 25.7 Å². The van der Waals surface area contributed by atoms with Crippen LogP contribution in [0, 0.1) is 0 Å². The molecule has 0 saturated carbocycles. The van der Waals surface area contributed by atoms with Gasteiger partial charge < -0.3 is 9.66 Å². The van der Waals surface area contributed by atoms with Crippen molar-refractivity contribution in [1.82, 2.24) is 0 Å². The summed E-state index contributed by atoms with van der Waals surface area (Å²) in [6.45, 7) is 4.35. The molecule has 0 radical (unpaired) electrons. The van der Waals surface area contributed by atoms with E-state index in [2.05, 4.69) is 13.8 Å². The van der Waals surface area contributed by atoms with Crippen molar-refractivity contribution in [3.8, 4) is 0 Å². The SMILES string of the molecule is CCCCCCCC(O)CCCCCC(CCCCCCC)S(=O)(=O)[O-].[K+]. The molecule has 0 spiro atoms. The second-order valence-electron chi connectivity index (χ2n) is 7.81. The molecule has 0 aromatic rings. The molecular formula is C21H43KO4S. The van der Waals surface area contributed by atoms with Crippen molar-refractivity contribution in [3.05, 3.63) is 0 Å². The van der Waals surface area contributed by atoms with E-state index in [-0.39, 0.29) is 57.5 Å². The monoisotopic (exact) mass is 430 g/mol. The number of hydrogen-bond donors (Lipinski definition) is 1. The van der Waals surface area contributed by atoms with E-state index in [1.165, 1.54) is 32.1 Å². The Balaban J connectivity index is 0. The molecule has 0 bridgehead atoms. The topological polar surface area (TPSA) is 77.4 Å². The van der Waals surface area contributed by atoms with Gasteiger partial charge in [0.05, 0.1) is 16.2 Å². The summed E-state index contributed by atoms with van der Waals surface area (Å²) in [6.07, 6.45) is 16.4. The van der Waals surface area contributed by atoms with Gasteiger partial charge in [-0.2, -0.15) is 0 Å². The average molecular weight is 431 g/mol. The summed E-state index contributed by atoms with van der Waals surface area (Å²) in [4.78, 5) is 0. The van der Waals surface area contributed by atoms with Crippen molar-refractivity contribution in [2.75, 3.05) is 0 Å². The van der Waals surface area contributed by atoms with E-state index in [1.807, 2.05) is 0 Å². The molecule has 0 rings (SSSR count). The molecule has 0 aromatic heterocycles. The van der Waals surface area contributed by atoms with Crippen LogP contribution in [0.2, 0.25) is 0 Å². The summed E-state index contributed by atoms with van der Waals surface area (Å²) < 4.78 is 34.3. The van der Waals surface area contributed by atoms with Gasteiger partial charge >= 0.3 is 51.4 Å². The number of unbranched alkanes of at least 4 members (excludes halogenated alkanes) is 10. The number of aliphatic hydroxyl groups excluding tert-OH is 1. The summed E-state index contributed by atoms with van der Waals surface area (Å²) in [7, 11) is -4.18. The normalized spacial score (nSPS) is 13.9. The fourth-order valence-electron chi connectivity index (χ4n) is 3.47. The van der Waals surface area contributed by atoms with E-state index in [0.717, 1.165) is 64.2 Å². The minimum absolute atomic E-state index is 0. The summed E-state index contributed by atoms with van der Waals surface area (Å²) in [6, 6.07) is 0. The Kier molecular flexibility index (Phi) is 23.6. The zero-order chi connectivity index (χ0) is 19.7. The van der Waals surface area contributed by atoms with E-state index in [4.69, 9.17) is 0 Å². The van der Waals surface area contributed by atoms with Crippen LogP contribution in [-0.2, 0) is 10.1 Å². The third kappa shape index (κ3) is 20.6. The van der Waals surface area contributed by atoms with Crippen LogP contribution in [0.4, 0.5) is 0 Å². The van der Waals surface area contributed by atoms with Crippen LogP contribution in [0.15, 0.2) is 0 Å². The molecule has 158 valence electrons. The van der Waals surface area contributed by atoms with Gasteiger partial charge in [0.2, 0.25) is 0 Å². The van der Waals surface area contributed by atoms with Crippen LogP contribution in [0.1, 0.15) is 123 Å². The van der Waals surface area contributed by atoms with Crippen LogP contribution in [0.3, 0.4) is 0 Å². The number of aliphatic hydroxyl groups is 1. The smallest absolute Gasteiger partial charge is 0.748 e. The van der Waals surface area contributed by atoms with Gasteiger partial charge in [0.25, 0.3) is 0 Å². The Morgan fingerprint density at radius 2 is 1.00 bits per heavy atom. The Morgan fingerprint density at radius 3 is 1.37 bits per heavy atom. The van der Waals surface area contributed by atoms with Crippen LogP contribution in [0.25, 0.3) is 0 Å². The Morgan fingerprint density at radius 1 is 0.667 bits per heavy atom. The van der Waals surface area contributed by atoms with E-state index in [1.54, 1.807) is 0 Å². The maximum atomic E-state index is 11.4. The maximum Gasteiger partial charge on any atom is 1.00 e. The molecule has 0 fully saturated rings. The molecule has 0 amide bonds. The van der Waals surface area contributed by atoms with Gasteiger partial charge in [-0.25, -0.2) is 8.42 Å². The van der Waals surface area contributed by atoms with E-state index in [0.29, 0.717) is 12.8 Å². The van der Waals surface area contributed by atoms with E-state index < -0.39 is 15.4 Å². The molecular weight excluding hydrogens is 387 g/mol. The van der Waals surface area contributed by atoms with Crippen LogP contribution >= 0.6 is 0 Å². The van der Waals surface area contributed by atoms with Crippen molar-refractivity contribution in [2.24, 2.45) is 0 Å². The van der Waals surface area contributed by atoms with Gasteiger partial charge in [0.15, 0.2) is 0 Å². The molecule has 4 nitrogen and oxygen atoms in total. The minimum atomic E-state index is -4.18. The van der Waals surface area contributed by atoms with E-state index in [9.17, 15) is 18.1 Å². The quantitative estimate of drug-likeness (QED) is 0.194. The van der Waals surface area contributed by atoms with Gasteiger partial charge in [-0.1, -0.05) is 97.3 Å². The zero-order valence-corrected chi connectivity index (χ0v) is 22.2. The van der Waals surface area contributed by atoms with Gasteiger partial charge in [0.1, 0.15) is 0 Å². The van der Waals surface area contributed by atoms with Gasteiger partial charge in [-0.3, -0.25) is 0 Å². The molecule has 2 atom stereocenters. The summed E-state index contributed by atoms with van der Waals surface area (Å²) in [5.41, 5.74) is 0. The summed E-state index contributed by atoms with van der Waals surface area (Å²) in [5, 5.41) is 9.27. The molecule has 0 aliphatic heterocycles. The Bertz CT molecular complexity index is 401. The third-order valence-electron chi connectivity index (χ3n) is 5.24. The first kappa shape index (κ1) is 30.7. The Hall–Kier alpha value is 1.51. The summed E-state index contributed by atoms with van der Waals surface area (Å²) in [5.74, 6) is 0. The minimum Gasteiger partial charge on any atom is -0.748 e. The molecule has 0 aliphatic carbocycles. The van der Waals surface area contributed by atoms with Crippen LogP contribution in [0.5, 0.6) is 0 Å². The van der Waals surface area contributed by atoms with Crippen molar-refractivity contribution in [2.45, 2.75) is 134 Å². The second-order valence-corrected chi connectivity index (χ2v) is 9.46. The predicted octanol–water partition coefficient (Wildman–Crippen LogP) is 2.94. The van der Waals surface area contributed by atoms with Crippen molar-refractivity contribution >= 4 is 10.1 Å².